The van der Waals surface area contributed by atoms with Crippen molar-refractivity contribution in [2.75, 3.05) is 5.32 Å². The van der Waals surface area contributed by atoms with Crippen molar-refractivity contribution in [3.63, 3.8) is 0 Å². The number of carbonyl (C=O) groups excluding carboxylic acids is 1. The Labute approximate surface area is 161 Å². The normalized spacial score (nSPS) is 17.0. The molecule has 142 valence electrons. The molecule has 1 aliphatic rings. The van der Waals surface area contributed by atoms with E-state index in [1.807, 2.05) is 18.6 Å². The zero-order chi connectivity index (χ0) is 19.2. The largest absolute Gasteiger partial charge is 0.360 e. The molecule has 8 heteroatoms. The van der Waals surface area contributed by atoms with E-state index in [4.69, 9.17) is 4.52 Å². The highest BCUT2D eigenvalue weighted by Gasteiger charge is 2.34. The molecular formula is C19H23N5O2S. The average Bonchev–Trinajstić information content (AvgIpc) is 3.32. The van der Waals surface area contributed by atoms with Gasteiger partial charge in [0.2, 0.25) is 0 Å². The molecule has 27 heavy (non-hydrogen) atoms. The van der Waals surface area contributed by atoms with Crippen LogP contribution in [0.5, 0.6) is 0 Å². The summed E-state index contributed by atoms with van der Waals surface area (Å²) in [5.74, 6) is 1.09. The average molecular weight is 385 g/mol. The number of nitrogens with one attached hydrogen (secondary N) is 1. The molecule has 1 atom stereocenters. The van der Waals surface area contributed by atoms with Gasteiger partial charge in [-0.2, -0.15) is 5.10 Å². The standard InChI is InChI=1S/C19H23N5O2S/c1-19(2,3)12-5-6-15-13(7-12)16(23-26-15)17(25)22-18-21-14(10-27-18)11-8-20-24(4)9-11/h8-10,12H,5-7H2,1-4H3,(H,21,22,25). The van der Waals surface area contributed by atoms with Crippen LogP contribution in [-0.2, 0) is 19.9 Å². The third kappa shape index (κ3) is 3.53. The van der Waals surface area contributed by atoms with Crippen LogP contribution < -0.4 is 5.32 Å². The van der Waals surface area contributed by atoms with Gasteiger partial charge in [0.15, 0.2) is 10.8 Å². The van der Waals surface area contributed by atoms with E-state index in [-0.39, 0.29) is 11.3 Å². The molecule has 3 heterocycles. The highest BCUT2D eigenvalue weighted by molar-refractivity contribution is 7.14. The van der Waals surface area contributed by atoms with Crippen molar-refractivity contribution in [1.82, 2.24) is 19.9 Å². The molecule has 0 fully saturated rings. The first-order valence-corrected chi connectivity index (χ1v) is 9.92. The summed E-state index contributed by atoms with van der Waals surface area (Å²) in [4.78, 5) is 17.3. The summed E-state index contributed by atoms with van der Waals surface area (Å²) in [6, 6.07) is 0. The Balaban J connectivity index is 1.52. The fourth-order valence-corrected chi connectivity index (χ4v) is 4.21. The quantitative estimate of drug-likeness (QED) is 0.738. The minimum atomic E-state index is -0.262. The van der Waals surface area contributed by atoms with Gasteiger partial charge in [0.1, 0.15) is 5.76 Å². The molecule has 0 spiro atoms. The molecule has 1 N–H and O–H groups in total. The zero-order valence-corrected chi connectivity index (χ0v) is 16.8. The van der Waals surface area contributed by atoms with Crippen LogP contribution in [0.15, 0.2) is 22.3 Å². The van der Waals surface area contributed by atoms with E-state index in [0.29, 0.717) is 16.7 Å². The number of fused-ring (bicyclic) bond motifs is 1. The number of aromatic nitrogens is 4. The maximum absolute atomic E-state index is 12.8. The smallest absolute Gasteiger partial charge is 0.279 e. The second kappa shape index (κ2) is 6.60. The predicted molar refractivity (Wildman–Crippen MR) is 104 cm³/mol. The number of thiazole rings is 1. The fraction of sp³-hybridized carbons (Fsp3) is 0.474. The van der Waals surface area contributed by atoms with E-state index in [1.165, 1.54) is 11.3 Å². The Kier molecular flexibility index (Phi) is 4.38. The molecule has 0 saturated carbocycles. The number of hydrogen-bond donors (Lipinski definition) is 1. The van der Waals surface area contributed by atoms with Gasteiger partial charge in [0, 0.05) is 36.2 Å². The van der Waals surface area contributed by atoms with Crippen molar-refractivity contribution in [3.05, 3.63) is 34.8 Å². The van der Waals surface area contributed by atoms with E-state index in [1.54, 1.807) is 10.9 Å². The monoisotopic (exact) mass is 385 g/mol. The van der Waals surface area contributed by atoms with E-state index in [9.17, 15) is 4.79 Å². The van der Waals surface area contributed by atoms with E-state index >= 15 is 0 Å². The molecular weight excluding hydrogens is 362 g/mol. The molecule has 3 aromatic heterocycles. The van der Waals surface area contributed by atoms with Crippen LogP contribution in [0.4, 0.5) is 5.13 Å². The van der Waals surface area contributed by atoms with Crippen molar-refractivity contribution in [1.29, 1.82) is 0 Å². The molecule has 1 aliphatic carbocycles. The van der Waals surface area contributed by atoms with Crippen molar-refractivity contribution in [2.45, 2.75) is 40.0 Å². The Hall–Kier alpha value is -2.48. The summed E-state index contributed by atoms with van der Waals surface area (Å²) in [5.41, 5.74) is 3.23. The lowest BCUT2D eigenvalue weighted by atomic mass is 9.71. The van der Waals surface area contributed by atoms with Gasteiger partial charge in [-0.05, 0) is 24.2 Å². The molecule has 1 unspecified atom stereocenters. The first-order valence-electron chi connectivity index (χ1n) is 9.04. The molecule has 3 aromatic rings. The Morgan fingerprint density at radius 3 is 2.93 bits per heavy atom. The Morgan fingerprint density at radius 2 is 2.22 bits per heavy atom. The van der Waals surface area contributed by atoms with Crippen LogP contribution in [-0.4, -0.2) is 25.8 Å². The summed E-state index contributed by atoms with van der Waals surface area (Å²) in [6.07, 6.45) is 6.36. The van der Waals surface area contributed by atoms with Gasteiger partial charge >= 0.3 is 0 Å². The highest BCUT2D eigenvalue weighted by atomic mass is 32.1. The number of carbonyl (C=O) groups is 1. The summed E-state index contributed by atoms with van der Waals surface area (Å²) >= 11 is 1.38. The van der Waals surface area contributed by atoms with Gasteiger partial charge in [0.25, 0.3) is 5.91 Å². The SMILES string of the molecule is Cn1cc(-c2csc(NC(=O)c3noc4c3CC(C(C)(C)C)CC4)n2)cn1. The van der Waals surface area contributed by atoms with Crippen LogP contribution in [0.2, 0.25) is 0 Å². The predicted octanol–water partition coefficient (Wildman–Crippen LogP) is 3.93. The lowest BCUT2D eigenvalue weighted by molar-refractivity contribution is 0.101. The number of anilines is 1. The topological polar surface area (TPSA) is 85.8 Å². The molecule has 0 radical (unpaired) electrons. The molecule has 0 aliphatic heterocycles. The second-order valence-corrected chi connectivity index (χ2v) is 8.99. The first kappa shape index (κ1) is 17.9. The molecule has 0 aromatic carbocycles. The van der Waals surface area contributed by atoms with Gasteiger partial charge in [0.05, 0.1) is 11.9 Å². The van der Waals surface area contributed by atoms with Crippen molar-refractivity contribution in [3.8, 4) is 11.3 Å². The van der Waals surface area contributed by atoms with Gasteiger partial charge in [-0.15, -0.1) is 11.3 Å². The number of rotatable bonds is 3. The summed E-state index contributed by atoms with van der Waals surface area (Å²) in [5, 5.41) is 13.5. The van der Waals surface area contributed by atoms with Gasteiger partial charge in [-0.25, -0.2) is 4.98 Å². The van der Waals surface area contributed by atoms with Gasteiger partial charge < -0.3 is 4.52 Å². The van der Waals surface area contributed by atoms with Crippen molar-refractivity contribution >= 4 is 22.4 Å². The Morgan fingerprint density at radius 1 is 1.41 bits per heavy atom. The van der Waals surface area contributed by atoms with E-state index in [2.05, 4.69) is 41.3 Å². The molecule has 0 saturated heterocycles. The molecule has 0 bridgehead atoms. The molecule has 4 rings (SSSR count). The van der Waals surface area contributed by atoms with Crippen molar-refractivity contribution < 1.29 is 9.32 Å². The number of hydrogen-bond acceptors (Lipinski definition) is 6. The molecule has 1 amide bonds. The van der Waals surface area contributed by atoms with Gasteiger partial charge in [-0.1, -0.05) is 25.9 Å². The van der Waals surface area contributed by atoms with Crippen LogP contribution in [0.1, 0.15) is 49.0 Å². The zero-order valence-electron chi connectivity index (χ0n) is 15.9. The number of amides is 1. The third-order valence-electron chi connectivity index (χ3n) is 5.21. The summed E-state index contributed by atoms with van der Waals surface area (Å²) in [6.45, 7) is 6.72. The fourth-order valence-electron chi connectivity index (χ4n) is 3.50. The minimum Gasteiger partial charge on any atom is -0.360 e. The maximum Gasteiger partial charge on any atom is 0.279 e. The first-order chi connectivity index (χ1) is 12.8. The minimum absolute atomic E-state index is 0.191. The van der Waals surface area contributed by atoms with Crippen LogP contribution in [0.25, 0.3) is 11.3 Å². The highest BCUT2D eigenvalue weighted by Crippen LogP contribution is 2.38. The number of nitrogens with zero attached hydrogens (tertiary/aromatic N) is 4. The second-order valence-electron chi connectivity index (χ2n) is 8.13. The van der Waals surface area contributed by atoms with Crippen molar-refractivity contribution in [2.24, 2.45) is 18.4 Å². The van der Waals surface area contributed by atoms with Crippen LogP contribution in [0, 0.1) is 11.3 Å². The third-order valence-corrected chi connectivity index (χ3v) is 5.96. The Bertz CT molecular complexity index is 979. The maximum atomic E-state index is 12.8. The van der Waals surface area contributed by atoms with E-state index in [0.717, 1.165) is 41.8 Å². The van der Waals surface area contributed by atoms with Gasteiger partial charge in [-0.3, -0.25) is 14.8 Å². The number of aryl methyl sites for hydroxylation is 2. The van der Waals surface area contributed by atoms with E-state index < -0.39 is 0 Å². The van der Waals surface area contributed by atoms with Crippen LogP contribution in [0.3, 0.4) is 0 Å². The van der Waals surface area contributed by atoms with Crippen LogP contribution >= 0.6 is 11.3 Å². The molecule has 7 nitrogen and oxygen atoms in total. The lowest BCUT2D eigenvalue weighted by Crippen LogP contribution is -2.27. The lowest BCUT2D eigenvalue weighted by Gasteiger charge is -2.33. The summed E-state index contributed by atoms with van der Waals surface area (Å²) < 4.78 is 7.17. The summed E-state index contributed by atoms with van der Waals surface area (Å²) in [7, 11) is 1.86.